The lowest BCUT2D eigenvalue weighted by molar-refractivity contribution is 0.826. The van der Waals surface area contributed by atoms with E-state index >= 15 is 0 Å². The largest absolute Gasteiger partial charge is 0.381 e. The molecule has 3 rings (SSSR count). The number of hydrogen-bond donors (Lipinski definition) is 1. The first kappa shape index (κ1) is 14.5. The van der Waals surface area contributed by atoms with Gasteiger partial charge in [-0.25, -0.2) is 0 Å². The Bertz CT molecular complexity index is 876. The second kappa shape index (κ2) is 5.73. The number of anilines is 1. The van der Waals surface area contributed by atoms with E-state index in [9.17, 15) is 0 Å². The molecule has 0 radical (unpaired) electrons. The van der Waals surface area contributed by atoms with Crippen molar-refractivity contribution in [2.45, 2.75) is 19.8 Å². The zero-order valence-corrected chi connectivity index (χ0v) is 13.5. The third-order valence-electron chi connectivity index (χ3n) is 3.37. The molecule has 110 valence electrons. The first-order valence-electron chi connectivity index (χ1n) is 6.85. The maximum atomic E-state index is 9.03. The fourth-order valence-electron chi connectivity index (χ4n) is 2.37. The van der Waals surface area contributed by atoms with Crippen LogP contribution in [0, 0.1) is 11.3 Å². The molecule has 0 bridgehead atoms. The van der Waals surface area contributed by atoms with E-state index in [4.69, 9.17) is 11.0 Å². The minimum absolute atomic E-state index is 0.0837. The van der Waals surface area contributed by atoms with Crippen molar-refractivity contribution < 1.29 is 0 Å². The summed E-state index contributed by atoms with van der Waals surface area (Å²) in [7, 11) is 0. The number of nitrogens with two attached hydrogens (primary N) is 1. The fourth-order valence-corrected chi connectivity index (χ4v) is 2.63. The van der Waals surface area contributed by atoms with E-state index in [0.29, 0.717) is 5.65 Å². The summed E-state index contributed by atoms with van der Waals surface area (Å²) in [5, 5.41) is 21.6. The monoisotopic (exact) mass is 356 g/mol. The van der Waals surface area contributed by atoms with Gasteiger partial charge in [-0.1, -0.05) is 41.4 Å². The second-order valence-corrected chi connectivity index (χ2v) is 5.78. The smallest absolute Gasteiger partial charge is 0.205 e. The van der Waals surface area contributed by atoms with Gasteiger partial charge in [-0.15, -0.1) is 10.2 Å². The van der Waals surface area contributed by atoms with E-state index in [1.165, 1.54) is 4.52 Å². The van der Waals surface area contributed by atoms with Crippen LogP contribution < -0.4 is 5.73 Å². The van der Waals surface area contributed by atoms with Gasteiger partial charge >= 0.3 is 0 Å². The van der Waals surface area contributed by atoms with Gasteiger partial charge in [-0.05, 0) is 24.1 Å². The van der Waals surface area contributed by atoms with Gasteiger partial charge in [0.05, 0.1) is 11.3 Å². The SMILES string of the molecule is CCCc1nn2c(N)c(C#N)nnc2c1-c1ccc(Br)cc1. The summed E-state index contributed by atoms with van der Waals surface area (Å²) in [6, 6.07) is 9.86. The predicted octanol–water partition coefficient (Wildman–Crippen LogP) is 2.96. The van der Waals surface area contributed by atoms with Crippen LogP contribution in [-0.4, -0.2) is 19.8 Å². The van der Waals surface area contributed by atoms with Crippen molar-refractivity contribution >= 4 is 27.4 Å². The molecule has 0 atom stereocenters. The van der Waals surface area contributed by atoms with E-state index < -0.39 is 0 Å². The van der Waals surface area contributed by atoms with Crippen LogP contribution in [0.4, 0.5) is 5.82 Å². The molecule has 7 heteroatoms. The Balaban J connectivity index is 2.31. The third kappa shape index (κ3) is 2.31. The lowest BCUT2D eigenvalue weighted by atomic mass is 10.0. The highest BCUT2D eigenvalue weighted by Crippen LogP contribution is 2.30. The Kier molecular flexibility index (Phi) is 3.77. The number of aryl methyl sites for hydroxylation is 1. The predicted molar refractivity (Wildman–Crippen MR) is 87.0 cm³/mol. The molecular weight excluding hydrogens is 344 g/mol. The molecule has 22 heavy (non-hydrogen) atoms. The zero-order valence-electron chi connectivity index (χ0n) is 11.9. The zero-order chi connectivity index (χ0) is 15.7. The second-order valence-electron chi connectivity index (χ2n) is 4.86. The Hall–Kier alpha value is -2.46. The number of aromatic nitrogens is 4. The number of halogens is 1. The summed E-state index contributed by atoms with van der Waals surface area (Å²) in [5.74, 6) is 0.216. The molecule has 0 spiro atoms. The van der Waals surface area contributed by atoms with E-state index in [0.717, 1.165) is 34.1 Å². The quantitative estimate of drug-likeness (QED) is 0.778. The minimum atomic E-state index is 0.0837. The molecule has 0 aliphatic rings. The van der Waals surface area contributed by atoms with Gasteiger partial charge in [0.2, 0.25) is 5.69 Å². The number of nitrogens with zero attached hydrogens (tertiary/aromatic N) is 5. The molecule has 0 fully saturated rings. The van der Waals surface area contributed by atoms with Gasteiger partial charge in [0, 0.05) is 4.47 Å². The number of benzene rings is 1. The van der Waals surface area contributed by atoms with Crippen LogP contribution in [0.25, 0.3) is 16.8 Å². The summed E-state index contributed by atoms with van der Waals surface area (Å²) in [5.41, 5.74) is 9.45. The van der Waals surface area contributed by atoms with Crippen LogP contribution in [0.3, 0.4) is 0 Å². The highest BCUT2D eigenvalue weighted by atomic mass is 79.9. The molecule has 0 aliphatic heterocycles. The maximum absolute atomic E-state index is 9.03. The summed E-state index contributed by atoms with van der Waals surface area (Å²) in [4.78, 5) is 0. The van der Waals surface area contributed by atoms with E-state index in [1.807, 2.05) is 30.3 Å². The number of rotatable bonds is 3. The van der Waals surface area contributed by atoms with Crippen molar-refractivity contribution in [1.29, 1.82) is 5.26 Å². The Labute approximate surface area is 135 Å². The molecule has 2 N–H and O–H groups in total. The van der Waals surface area contributed by atoms with Crippen molar-refractivity contribution in [1.82, 2.24) is 19.8 Å². The molecule has 3 aromatic rings. The summed E-state index contributed by atoms with van der Waals surface area (Å²) < 4.78 is 2.51. The lowest BCUT2D eigenvalue weighted by Gasteiger charge is -2.03. The molecule has 0 aliphatic carbocycles. The van der Waals surface area contributed by atoms with Crippen molar-refractivity contribution in [2.24, 2.45) is 0 Å². The van der Waals surface area contributed by atoms with Gasteiger partial charge in [-0.3, -0.25) is 0 Å². The van der Waals surface area contributed by atoms with Gasteiger partial charge in [-0.2, -0.15) is 14.9 Å². The highest BCUT2D eigenvalue weighted by Gasteiger charge is 2.19. The molecule has 2 aromatic heterocycles. The van der Waals surface area contributed by atoms with E-state index in [1.54, 1.807) is 0 Å². The van der Waals surface area contributed by atoms with Crippen LogP contribution >= 0.6 is 15.9 Å². The average molecular weight is 357 g/mol. The number of hydrogen-bond acceptors (Lipinski definition) is 5. The molecule has 0 saturated heterocycles. The number of nitrogen functional groups attached to an aromatic ring is 1. The minimum Gasteiger partial charge on any atom is -0.381 e. The van der Waals surface area contributed by atoms with Gasteiger partial charge in [0.15, 0.2) is 11.5 Å². The van der Waals surface area contributed by atoms with E-state index in [2.05, 4.69) is 38.1 Å². The molecule has 0 unspecified atom stereocenters. The van der Waals surface area contributed by atoms with Gasteiger partial charge in [0.25, 0.3) is 0 Å². The molecule has 2 heterocycles. The first-order valence-corrected chi connectivity index (χ1v) is 7.64. The summed E-state index contributed by atoms with van der Waals surface area (Å²) >= 11 is 3.43. The van der Waals surface area contributed by atoms with Crippen LogP contribution in [0.2, 0.25) is 0 Å². The third-order valence-corrected chi connectivity index (χ3v) is 3.90. The fraction of sp³-hybridized carbons (Fsp3) is 0.200. The van der Waals surface area contributed by atoms with Gasteiger partial charge < -0.3 is 5.73 Å². The molecular formula is C15H13BrN6. The standard InChI is InChI=1S/C15H13BrN6/c1-2-3-11-13(9-4-6-10(16)7-5-9)15-20-19-12(8-17)14(18)22(15)21-11/h4-7H,2-3,18H2,1H3. The molecule has 0 amide bonds. The summed E-state index contributed by atoms with van der Waals surface area (Å²) in [6.45, 7) is 2.09. The van der Waals surface area contributed by atoms with Crippen LogP contribution in [0.5, 0.6) is 0 Å². The number of nitriles is 1. The Morgan fingerprint density at radius 2 is 2.00 bits per heavy atom. The maximum Gasteiger partial charge on any atom is 0.205 e. The lowest BCUT2D eigenvalue weighted by Crippen LogP contribution is -2.06. The summed E-state index contributed by atoms with van der Waals surface area (Å²) in [6.07, 6.45) is 1.75. The molecule has 0 saturated carbocycles. The van der Waals surface area contributed by atoms with Crippen molar-refractivity contribution in [3.05, 3.63) is 40.1 Å². The number of fused-ring (bicyclic) bond motifs is 1. The first-order chi connectivity index (χ1) is 10.7. The van der Waals surface area contributed by atoms with Gasteiger partial charge in [0.1, 0.15) is 6.07 Å². The normalized spacial score (nSPS) is 10.8. The van der Waals surface area contributed by atoms with Crippen molar-refractivity contribution in [2.75, 3.05) is 5.73 Å². The Morgan fingerprint density at radius 3 is 2.64 bits per heavy atom. The van der Waals surface area contributed by atoms with Crippen LogP contribution in [-0.2, 0) is 6.42 Å². The molecule has 6 nitrogen and oxygen atoms in total. The van der Waals surface area contributed by atoms with Crippen molar-refractivity contribution in [3.63, 3.8) is 0 Å². The van der Waals surface area contributed by atoms with Crippen LogP contribution in [0.1, 0.15) is 24.7 Å². The highest BCUT2D eigenvalue weighted by molar-refractivity contribution is 9.10. The Morgan fingerprint density at radius 1 is 1.27 bits per heavy atom. The van der Waals surface area contributed by atoms with Crippen molar-refractivity contribution in [3.8, 4) is 17.2 Å². The average Bonchev–Trinajstić information content (AvgIpc) is 2.88. The van der Waals surface area contributed by atoms with Crippen LogP contribution in [0.15, 0.2) is 28.7 Å². The molecule has 1 aromatic carbocycles. The topological polar surface area (TPSA) is 92.9 Å². The van der Waals surface area contributed by atoms with E-state index in [-0.39, 0.29) is 11.5 Å².